The van der Waals surface area contributed by atoms with Gasteiger partial charge in [-0.25, -0.2) is 8.42 Å². The van der Waals surface area contributed by atoms with Gasteiger partial charge in [-0.3, -0.25) is 13.9 Å². The number of ether oxygens (including phenoxy) is 1. The van der Waals surface area contributed by atoms with Gasteiger partial charge < -0.3 is 25.8 Å². The molecule has 1 unspecified atom stereocenters. The van der Waals surface area contributed by atoms with Gasteiger partial charge >= 0.3 is 0 Å². The third-order valence-corrected chi connectivity index (χ3v) is 10.7. The highest BCUT2D eigenvalue weighted by Gasteiger charge is 2.26. The second-order valence-electron chi connectivity index (χ2n) is 11.9. The number of hydrogen-bond donors (Lipinski definition) is 4. The lowest BCUT2D eigenvalue weighted by Crippen LogP contribution is -2.49. The number of aryl methyl sites for hydroxylation is 1. The van der Waals surface area contributed by atoms with Crippen LogP contribution in [0, 0.1) is 6.92 Å². The molecule has 48 heavy (non-hydrogen) atoms. The number of anilines is 1. The maximum Gasteiger partial charge on any atom is 0.251 e. The van der Waals surface area contributed by atoms with Crippen molar-refractivity contribution in [3.63, 3.8) is 0 Å². The van der Waals surface area contributed by atoms with Crippen LogP contribution in [0.2, 0.25) is 0 Å². The highest BCUT2D eigenvalue weighted by atomic mass is 32.2. The third-order valence-electron chi connectivity index (χ3n) is 8.27. The van der Waals surface area contributed by atoms with E-state index in [1.165, 1.54) is 36.6 Å². The molecule has 3 aromatic carbocycles. The predicted molar refractivity (Wildman–Crippen MR) is 191 cm³/mol. The lowest BCUT2D eigenvalue weighted by Gasteiger charge is -2.27. The molecule has 0 aliphatic heterocycles. The summed E-state index contributed by atoms with van der Waals surface area (Å²) in [6.07, 6.45) is 0.391. The summed E-state index contributed by atoms with van der Waals surface area (Å²) < 4.78 is 31.2. The minimum Gasteiger partial charge on any atom is -0.497 e. The molecule has 0 fully saturated rings. The van der Waals surface area contributed by atoms with Crippen LogP contribution in [0.15, 0.2) is 84.2 Å². The number of hydrogen-bond acceptors (Lipinski definition) is 8. The average molecular weight is 693 g/mol. The SMILES string of the molecule is COc1ccc([C@@H](C)NC[C@@H](O)[C@H](Cc2ccccc2)NC(=O)c2cc(C(=O)NC(C)c3sccc3C)cc(N(C)S(C)(=O)=O)c2)cc1. The topological polar surface area (TPSA) is 137 Å². The van der Waals surface area contributed by atoms with Crippen LogP contribution < -0.4 is 25.0 Å². The minimum atomic E-state index is -3.71. The molecule has 12 heteroatoms. The van der Waals surface area contributed by atoms with Crippen LogP contribution >= 0.6 is 11.3 Å². The molecule has 2 amide bonds. The summed E-state index contributed by atoms with van der Waals surface area (Å²) in [7, 11) is -0.735. The van der Waals surface area contributed by atoms with Crippen molar-refractivity contribution < 1.29 is 27.9 Å². The van der Waals surface area contributed by atoms with Crippen LogP contribution in [0.3, 0.4) is 0 Å². The van der Waals surface area contributed by atoms with Crippen LogP contribution in [-0.2, 0) is 16.4 Å². The first-order chi connectivity index (χ1) is 22.8. The fourth-order valence-corrected chi connectivity index (χ4v) is 6.70. The number of benzene rings is 3. The van der Waals surface area contributed by atoms with E-state index >= 15 is 0 Å². The van der Waals surface area contributed by atoms with E-state index < -0.39 is 34.0 Å². The molecule has 1 aromatic heterocycles. The molecule has 0 bridgehead atoms. The van der Waals surface area contributed by atoms with Crippen LogP contribution in [0.4, 0.5) is 5.69 Å². The molecule has 10 nitrogen and oxygen atoms in total. The molecule has 0 spiro atoms. The van der Waals surface area contributed by atoms with Crippen molar-refractivity contribution in [2.75, 3.05) is 31.3 Å². The second kappa shape index (κ2) is 16.2. The highest BCUT2D eigenvalue weighted by molar-refractivity contribution is 7.92. The molecular weight excluding hydrogens is 649 g/mol. The molecule has 0 aliphatic rings. The smallest absolute Gasteiger partial charge is 0.251 e. The Balaban J connectivity index is 1.59. The van der Waals surface area contributed by atoms with Crippen molar-refractivity contribution in [3.8, 4) is 5.75 Å². The highest BCUT2D eigenvalue weighted by Crippen LogP contribution is 2.26. The van der Waals surface area contributed by atoms with E-state index in [0.717, 1.165) is 37.9 Å². The summed E-state index contributed by atoms with van der Waals surface area (Å²) in [5, 5.41) is 22.6. The summed E-state index contributed by atoms with van der Waals surface area (Å²) >= 11 is 1.53. The molecule has 0 radical (unpaired) electrons. The Morgan fingerprint density at radius 2 is 1.54 bits per heavy atom. The van der Waals surface area contributed by atoms with Crippen molar-refractivity contribution in [1.29, 1.82) is 0 Å². The number of carbonyl (C=O) groups is 2. The zero-order chi connectivity index (χ0) is 35.0. The van der Waals surface area contributed by atoms with E-state index in [1.807, 2.05) is 86.8 Å². The van der Waals surface area contributed by atoms with Crippen LogP contribution in [0.5, 0.6) is 5.75 Å². The Bertz CT molecular complexity index is 1790. The Morgan fingerprint density at radius 1 is 0.917 bits per heavy atom. The number of nitrogens with one attached hydrogen (secondary N) is 3. The lowest BCUT2D eigenvalue weighted by atomic mass is 9.99. The molecule has 256 valence electrons. The number of thiophene rings is 1. The monoisotopic (exact) mass is 692 g/mol. The number of aliphatic hydroxyl groups excluding tert-OH is 1. The number of methoxy groups -OCH3 is 1. The fourth-order valence-electron chi connectivity index (χ4n) is 5.27. The number of amides is 2. The quantitative estimate of drug-likeness (QED) is 0.138. The Labute approximate surface area is 287 Å². The van der Waals surface area contributed by atoms with Gasteiger partial charge in [0.25, 0.3) is 11.8 Å². The summed E-state index contributed by atoms with van der Waals surface area (Å²) in [6.45, 7) is 6.00. The molecule has 0 saturated carbocycles. The van der Waals surface area contributed by atoms with Crippen LogP contribution in [0.25, 0.3) is 0 Å². The Kier molecular flexibility index (Phi) is 12.4. The number of aliphatic hydroxyl groups is 1. The lowest BCUT2D eigenvalue weighted by molar-refractivity contribution is 0.0825. The molecule has 1 heterocycles. The zero-order valence-electron chi connectivity index (χ0n) is 28.1. The molecule has 0 aliphatic carbocycles. The second-order valence-corrected chi connectivity index (χ2v) is 14.9. The maximum absolute atomic E-state index is 13.9. The minimum absolute atomic E-state index is 0.0814. The molecule has 4 aromatic rings. The van der Waals surface area contributed by atoms with E-state index in [0.29, 0.717) is 6.42 Å². The predicted octanol–water partition coefficient (Wildman–Crippen LogP) is 5.00. The summed E-state index contributed by atoms with van der Waals surface area (Å²) in [4.78, 5) is 28.3. The van der Waals surface area contributed by atoms with Gasteiger partial charge in [-0.05, 0) is 85.7 Å². The van der Waals surface area contributed by atoms with Crippen molar-refractivity contribution >= 4 is 38.9 Å². The maximum atomic E-state index is 13.9. The van der Waals surface area contributed by atoms with Gasteiger partial charge in [-0.15, -0.1) is 11.3 Å². The molecule has 0 saturated heterocycles. The first kappa shape index (κ1) is 36.6. The fraction of sp³-hybridized carbons (Fsp3) is 0.333. The van der Waals surface area contributed by atoms with E-state index in [-0.39, 0.29) is 35.4 Å². The number of rotatable bonds is 15. The number of carbonyl (C=O) groups excluding carboxylic acids is 2. The number of sulfonamides is 1. The van der Waals surface area contributed by atoms with E-state index in [1.54, 1.807) is 7.11 Å². The Hall–Kier alpha value is -4.23. The average Bonchev–Trinajstić information content (AvgIpc) is 3.51. The first-order valence-corrected chi connectivity index (χ1v) is 18.3. The van der Waals surface area contributed by atoms with Crippen LogP contribution in [0.1, 0.15) is 68.2 Å². The van der Waals surface area contributed by atoms with Gasteiger partial charge in [-0.1, -0.05) is 42.5 Å². The van der Waals surface area contributed by atoms with E-state index in [9.17, 15) is 23.1 Å². The summed E-state index contributed by atoms with van der Waals surface area (Å²) in [6, 6.07) is 22.3. The number of nitrogens with zero attached hydrogens (tertiary/aromatic N) is 1. The normalized spacial score (nSPS) is 14.0. The van der Waals surface area contributed by atoms with Gasteiger partial charge in [0.1, 0.15) is 5.75 Å². The van der Waals surface area contributed by atoms with Crippen molar-refractivity contribution in [2.24, 2.45) is 0 Å². The van der Waals surface area contributed by atoms with Gasteiger partial charge in [0.2, 0.25) is 10.0 Å². The molecular formula is C36H44N4O6S2. The standard InChI is InChI=1S/C36H44N4O6S2/c1-23-16-17-47-34(23)25(3)38-35(42)28-19-29(21-30(20-28)40(4)48(6,44)45)36(43)39-32(18-26-10-8-7-9-11-26)33(41)22-37-24(2)27-12-14-31(46-5)15-13-27/h7-17,19-21,24-25,32-33,37,41H,18,22H2,1-6H3,(H,38,42)(H,39,43)/t24-,25?,32+,33-/m1/s1. The van der Waals surface area contributed by atoms with Gasteiger partial charge in [0.05, 0.1) is 37.2 Å². The van der Waals surface area contributed by atoms with Crippen molar-refractivity contribution in [1.82, 2.24) is 16.0 Å². The van der Waals surface area contributed by atoms with E-state index in [2.05, 4.69) is 16.0 Å². The van der Waals surface area contributed by atoms with Gasteiger partial charge in [0.15, 0.2) is 0 Å². The van der Waals surface area contributed by atoms with E-state index in [4.69, 9.17) is 4.74 Å². The third kappa shape index (κ3) is 9.66. The van der Waals surface area contributed by atoms with Gasteiger partial charge in [0, 0.05) is 35.6 Å². The van der Waals surface area contributed by atoms with Crippen molar-refractivity contribution in [3.05, 3.63) is 117 Å². The Morgan fingerprint density at radius 3 is 2.10 bits per heavy atom. The molecule has 4 atom stereocenters. The largest absolute Gasteiger partial charge is 0.497 e. The molecule has 4 rings (SSSR count). The van der Waals surface area contributed by atoms with Crippen LogP contribution in [-0.4, -0.2) is 64.4 Å². The summed E-state index contributed by atoms with van der Waals surface area (Å²) in [5.41, 5.74) is 3.34. The zero-order valence-corrected chi connectivity index (χ0v) is 29.7. The summed E-state index contributed by atoms with van der Waals surface area (Å²) in [5.74, 6) is -0.264. The first-order valence-electron chi connectivity index (χ1n) is 15.6. The molecule has 4 N–H and O–H groups in total. The van der Waals surface area contributed by atoms with Crippen molar-refractivity contribution in [2.45, 2.75) is 51.4 Å². The van der Waals surface area contributed by atoms with Gasteiger partial charge in [-0.2, -0.15) is 0 Å².